The summed E-state index contributed by atoms with van der Waals surface area (Å²) in [6, 6.07) is 77.2. The van der Waals surface area contributed by atoms with Crippen LogP contribution in [0.25, 0.3) is 76.5 Å². The third-order valence-electron chi connectivity index (χ3n) is 10.6. The van der Waals surface area contributed by atoms with Crippen LogP contribution in [-0.4, -0.2) is 0 Å². The van der Waals surface area contributed by atoms with Crippen LogP contribution in [0.5, 0.6) is 0 Å². The van der Waals surface area contributed by atoms with Crippen molar-refractivity contribution in [1.29, 1.82) is 0 Å². The maximum atomic E-state index is 2.41. The van der Waals surface area contributed by atoms with Gasteiger partial charge >= 0.3 is 0 Å². The van der Waals surface area contributed by atoms with Crippen molar-refractivity contribution in [3.05, 3.63) is 212 Å². The Labute approximate surface area is 309 Å². The van der Waals surface area contributed by atoms with Gasteiger partial charge in [-0.3, -0.25) is 0 Å². The number of fused-ring (bicyclic) bond motifs is 6. The molecule has 0 atom stereocenters. The third-order valence-corrected chi connectivity index (χ3v) is 10.6. The van der Waals surface area contributed by atoms with Gasteiger partial charge in [0.2, 0.25) is 0 Å². The fourth-order valence-corrected chi connectivity index (χ4v) is 7.92. The highest BCUT2D eigenvalue weighted by Crippen LogP contribution is 2.43. The molecule has 0 aromatic heterocycles. The molecule has 1 heteroatoms. The summed E-state index contributed by atoms with van der Waals surface area (Å²) < 4.78 is 0. The first-order chi connectivity index (χ1) is 26.3. The highest BCUT2D eigenvalue weighted by Gasteiger charge is 2.18. The van der Waals surface area contributed by atoms with E-state index in [9.17, 15) is 0 Å². The number of nitrogens with zero attached hydrogens (tertiary/aromatic N) is 1. The molecule has 0 saturated heterocycles. The summed E-state index contributed by atoms with van der Waals surface area (Å²) in [6.07, 6.45) is 0. The first kappa shape index (κ1) is 30.8. The van der Waals surface area contributed by atoms with E-state index in [2.05, 4.69) is 217 Å². The third kappa shape index (κ3) is 5.60. The molecular weight excluding hydrogens is 639 g/mol. The molecule has 0 fully saturated rings. The Morgan fingerprint density at radius 3 is 1.25 bits per heavy atom. The summed E-state index contributed by atoms with van der Waals surface area (Å²) in [5.74, 6) is 0. The first-order valence-corrected chi connectivity index (χ1v) is 18.3. The number of rotatable bonds is 6. The molecule has 0 aliphatic carbocycles. The molecule has 0 aliphatic rings. The molecule has 10 aromatic rings. The molecule has 0 N–H and O–H groups in total. The standard InChI is InChI=1S/C52H35N/c1-2-10-36(11-3-1)37-18-20-38(21-19-37)39-26-30-45(31-27-39)53(52-35-44-13-5-7-15-48(44)49-16-8-9-17-50(49)52)46-32-28-40(29-33-46)43-25-24-42-23-22-41-12-4-6-14-47(41)51(42)34-43/h1-35H. The van der Waals surface area contributed by atoms with Crippen LogP contribution in [0, 0.1) is 0 Å². The highest BCUT2D eigenvalue weighted by molar-refractivity contribution is 6.14. The van der Waals surface area contributed by atoms with Gasteiger partial charge in [-0.15, -0.1) is 0 Å². The zero-order valence-corrected chi connectivity index (χ0v) is 29.2. The van der Waals surface area contributed by atoms with Gasteiger partial charge in [0.05, 0.1) is 5.69 Å². The van der Waals surface area contributed by atoms with Crippen molar-refractivity contribution in [3.63, 3.8) is 0 Å². The normalized spacial score (nSPS) is 11.4. The molecule has 1 nitrogen and oxygen atoms in total. The van der Waals surface area contributed by atoms with Crippen LogP contribution in [0.3, 0.4) is 0 Å². The minimum absolute atomic E-state index is 1.11. The molecule has 53 heavy (non-hydrogen) atoms. The summed E-state index contributed by atoms with van der Waals surface area (Å²) in [5, 5.41) is 10.0. The predicted octanol–water partition coefficient (Wildman–Crippen LogP) is 14.8. The maximum Gasteiger partial charge on any atom is 0.0546 e. The Balaban J connectivity index is 1.08. The van der Waals surface area contributed by atoms with Crippen molar-refractivity contribution in [2.45, 2.75) is 0 Å². The molecule has 0 spiro atoms. The molecule has 0 unspecified atom stereocenters. The summed E-state index contributed by atoms with van der Waals surface area (Å²) >= 11 is 0. The molecule has 0 saturated carbocycles. The SMILES string of the molecule is c1ccc(-c2ccc(-c3ccc(N(c4ccc(-c5ccc6ccc7ccccc7c6c5)cc4)c4cc5ccccc5c5ccccc45)cc3)cc2)cc1. The van der Waals surface area contributed by atoms with Gasteiger partial charge in [-0.25, -0.2) is 0 Å². The molecule has 0 heterocycles. The Hall–Kier alpha value is -6.96. The van der Waals surface area contributed by atoms with E-state index in [4.69, 9.17) is 0 Å². The van der Waals surface area contributed by atoms with E-state index in [-0.39, 0.29) is 0 Å². The van der Waals surface area contributed by atoms with Gasteiger partial charge in [0, 0.05) is 16.8 Å². The Kier molecular flexibility index (Phi) is 7.55. The summed E-state index contributed by atoms with van der Waals surface area (Å²) in [7, 11) is 0. The molecule has 10 aromatic carbocycles. The van der Waals surface area contributed by atoms with Crippen LogP contribution in [-0.2, 0) is 0 Å². The zero-order valence-electron chi connectivity index (χ0n) is 29.2. The number of benzene rings is 10. The molecule has 0 amide bonds. The lowest BCUT2D eigenvalue weighted by atomic mass is 9.96. The lowest BCUT2D eigenvalue weighted by molar-refractivity contribution is 1.30. The Morgan fingerprint density at radius 1 is 0.226 bits per heavy atom. The topological polar surface area (TPSA) is 3.24 Å². The molecular formula is C52H35N. The lowest BCUT2D eigenvalue weighted by Crippen LogP contribution is -2.10. The number of hydrogen-bond donors (Lipinski definition) is 0. The van der Waals surface area contributed by atoms with Crippen molar-refractivity contribution in [3.8, 4) is 33.4 Å². The quantitative estimate of drug-likeness (QED) is 0.159. The highest BCUT2D eigenvalue weighted by atomic mass is 15.1. The van der Waals surface area contributed by atoms with Crippen molar-refractivity contribution < 1.29 is 0 Å². The largest absolute Gasteiger partial charge is 0.310 e. The number of hydrogen-bond acceptors (Lipinski definition) is 1. The average molecular weight is 674 g/mol. The van der Waals surface area contributed by atoms with E-state index in [0.29, 0.717) is 0 Å². The van der Waals surface area contributed by atoms with Crippen molar-refractivity contribution in [1.82, 2.24) is 0 Å². The maximum absolute atomic E-state index is 2.41. The van der Waals surface area contributed by atoms with E-state index in [0.717, 1.165) is 17.1 Å². The second-order valence-electron chi connectivity index (χ2n) is 13.8. The molecule has 0 radical (unpaired) electrons. The van der Waals surface area contributed by atoms with Gasteiger partial charge in [0.1, 0.15) is 0 Å². The summed E-state index contributed by atoms with van der Waals surface area (Å²) in [5.41, 5.74) is 10.6. The van der Waals surface area contributed by atoms with Crippen LogP contribution in [0.1, 0.15) is 0 Å². The van der Waals surface area contributed by atoms with Crippen molar-refractivity contribution in [2.75, 3.05) is 4.90 Å². The monoisotopic (exact) mass is 673 g/mol. The zero-order chi connectivity index (χ0) is 35.1. The van der Waals surface area contributed by atoms with Gasteiger partial charge in [0.15, 0.2) is 0 Å². The van der Waals surface area contributed by atoms with E-state index in [1.54, 1.807) is 0 Å². The fraction of sp³-hybridized carbons (Fsp3) is 0. The van der Waals surface area contributed by atoms with Gasteiger partial charge in [-0.1, -0.05) is 176 Å². The van der Waals surface area contributed by atoms with Crippen molar-refractivity contribution >= 4 is 60.2 Å². The van der Waals surface area contributed by atoms with E-state index in [1.807, 2.05) is 0 Å². The van der Waals surface area contributed by atoms with Gasteiger partial charge in [-0.2, -0.15) is 0 Å². The van der Waals surface area contributed by atoms with Gasteiger partial charge < -0.3 is 4.90 Å². The molecule has 0 bridgehead atoms. The van der Waals surface area contributed by atoms with E-state index in [1.165, 1.54) is 76.5 Å². The van der Waals surface area contributed by atoms with E-state index < -0.39 is 0 Å². The lowest BCUT2D eigenvalue weighted by Gasteiger charge is -2.28. The predicted molar refractivity (Wildman–Crippen MR) is 227 cm³/mol. The molecule has 10 rings (SSSR count). The number of anilines is 3. The van der Waals surface area contributed by atoms with Crippen LogP contribution in [0.15, 0.2) is 212 Å². The average Bonchev–Trinajstić information content (AvgIpc) is 3.24. The van der Waals surface area contributed by atoms with Gasteiger partial charge in [-0.05, 0) is 107 Å². The first-order valence-electron chi connectivity index (χ1n) is 18.3. The minimum Gasteiger partial charge on any atom is -0.310 e. The Morgan fingerprint density at radius 2 is 0.623 bits per heavy atom. The van der Waals surface area contributed by atoms with Crippen LogP contribution in [0.2, 0.25) is 0 Å². The second kappa shape index (κ2) is 13.0. The fourth-order valence-electron chi connectivity index (χ4n) is 7.92. The second-order valence-corrected chi connectivity index (χ2v) is 13.8. The van der Waals surface area contributed by atoms with Crippen LogP contribution < -0.4 is 4.90 Å². The summed E-state index contributed by atoms with van der Waals surface area (Å²) in [6.45, 7) is 0. The van der Waals surface area contributed by atoms with Crippen molar-refractivity contribution in [2.24, 2.45) is 0 Å². The smallest absolute Gasteiger partial charge is 0.0546 e. The molecule has 248 valence electrons. The molecule has 0 aliphatic heterocycles. The van der Waals surface area contributed by atoms with E-state index >= 15 is 0 Å². The van der Waals surface area contributed by atoms with Gasteiger partial charge in [0.25, 0.3) is 0 Å². The minimum atomic E-state index is 1.11. The Bertz CT molecular complexity index is 2910. The van der Waals surface area contributed by atoms with Crippen LogP contribution in [0.4, 0.5) is 17.1 Å². The summed E-state index contributed by atoms with van der Waals surface area (Å²) in [4.78, 5) is 2.41. The van der Waals surface area contributed by atoms with Crippen LogP contribution >= 0.6 is 0 Å².